The second kappa shape index (κ2) is 11.8. The van der Waals surface area contributed by atoms with E-state index in [1.165, 1.54) is 0 Å². The predicted molar refractivity (Wildman–Crippen MR) is 137 cm³/mol. The fraction of sp³-hybridized carbons (Fsp3) is 0.0800. The second-order valence-electron chi connectivity index (χ2n) is 7.09. The molecule has 1 N–H and O–H groups in total. The Kier molecular flexibility index (Phi) is 8.80. The van der Waals surface area contributed by atoms with Gasteiger partial charge in [0, 0.05) is 39.8 Å². The van der Waals surface area contributed by atoms with Crippen molar-refractivity contribution >= 4 is 47.4 Å². The molecule has 0 amide bonds. The minimum absolute atomic E-state index is 0.645. The summed E-state index contributed by atoms with van der Waals surface area (Å²) in [6, 6.07) is 23.1. The van der Waals surface area contributed by atoms with E-state index < -0.39 is 0 Å². The fourth-order valence-electron chi connectivity index (χ4n) is 3.31. The van der Waals surface area contributed by atoms with E-state index in [2.05, 4.69) is 15.6 Å². The van der Waals surface area contributed by atoms with E-state index in [-0.39, 0.29) is 0 Å². The van der Waals surface area contributed by atoms with Crippen molar-refractivity contribution < 1.29 is 4.79 Å². The van der Waals surface area contributed by atoms with Gasteiger partial charge in [0.1, 0.15) is 6.79 Å². The number of rotatable bonds is 6. The van der Waals surface area contributed by atoms with Gasteiger partial charge in [-0.05, 0) is 53.1 Å². The Bertz CT molecular complexity index is 1180. The van der Waals surface area contributed by atoms with Crippen molar-refractivity contribution in [2.45, 2.75) is 6.54 Å². The Balaban J connectivity index is 0.00000149. The maximum atomic E-state index is 8.00. The lowest BCUT2D eigenvalue weighted by molar-refractivity contribution is -0.0979. The van der Waals surface area contributed by atoms with Crippen molar-refractivity contribution in [1.29, 1.82) is 0 Å². The molecule has 0 bridgehead atoms. The Morgan fingerprint density at radius 2 is 1.27 bits per heavy atom. The van der Waals surface area contributed by atoms with Crippen molar-refractivity contribution in [3.05, 3.63) is 99.6 Å². The summed E-state index contributed by atoms with van der Waals surface area (Å²) >= 11 is 18.2. The van der Waals surface area contributed by atoms with Crippen LogP contribution in [0.1, 0.15) is 5.56 Å². The number of anilines is 1. The highest BCUT2D eigenvalue weighted by molar-refractivity contribution is 6.31. The van der Waals surface area contributed by atoms with Crippen LogP contribution in [0.2, 0.25) is 15.1 Å². The molecule has 4 aromatic rings. The second-order valence-corrected chi connectivity index (χ2v) is 8.40. The first kappa shape index (κ1) is 24.7. The van der Waals surface area contributed by atoms with Gasteiger partial charge in [-0.2, -0.15) is 5.10 Å². The minimum Gasteiger partial charge on any atom is -0.307 e. The van der Waals surface area contributed by atoms with Crippen molar-refractivity contribution in [3.8, 4) is 22.3 Å². The molecule has 0 fully saturated rings. The Morgan fingerprint density at radius 1 is 0.788 bits per heavy atom. The van der Waals surface area contributed by atoms with E-state index in [4.69, 9.17) is 39.6 Å². The van der Waals surface area contributed by atoms with E-state index in [9.17, 15) is 0 Å². The van der Waals surface area contributed by atoms with Gasteiger partial charge in [0.2, 0.25) is 0 Å². The Morgan fingerprint density at radius 3 is 1.82 bits per heavy atom. The molecule has 3 aromatic carbocycles. The van der Waals surface area contributed by atoms with Gasteiger partial charge in [0.25, 0.3) is 0 Å². The zero-order valence-electron chi connectivity index (χ0n) is 17.8. The highest BCUT2D eigenvalue weighted by Gasteiger charge is 2.16. The maximum absolute atomic E-state index is 8.00. The van der Waals surface area contributed by atoms with Gasteiger partial charge in [-0.25, -0.2) is 5.01 Å². The molecule has 5 nitrogen and oxygen atoms in total. The van der Waals surface area contributed by atoms with Gasteiger partial charge in [-0.3, -0.25) is 0 Å². The van der Waals surface area contributed by atoms with Gasteiger partial charge < -0.3 is 10.2 Å². The molecule has 0 aliphatic rings. The largest absolute Gasteiger partial charge is 0.307 e. The number of hydrogen-bond acceptors (Lipinski definition) is 5. The average Bonchev–Trinajstić information content (AvgIpc) is 2.83. The smallest absolute Gasteiger partial charge is 0.171 e. The third kappa shape index (κ3) is 6.53. The third-order valence-electron chi connectivity index (χ3n) is 4.77. The number of halogens is 3. The monoisotopic (exact) mass is 498 g/mol. The summed E-state index contributed by atoms with van der Waals surface area (Å²) in [4.78, 5) is 8.00. The third-order valence-corrected chi connectivity index (χ3v) is 5.52. The number of carbonyl (C=O) groups is 1. The molecule has 8 heteroatoms. The van der Waals surface area contributed by atoms with Crippen molar-refractivity contribution in [2.75, 3.05) is 12.5 Å². The van der Waals surface area contributed by atoms with Gasteiger partial charge in [0.15, 0.2) is 5.82 Å². The number of carbonyl (C=O) groups excluding carboxylic acids is 1. The zero-order valence-corrected chi connectivity index (χ0v) is 20.1. The Hall–Kier alpha value is -2.96. The number of benzene rings is 3. The first-order valence-electron chi connectivity index (χ1n) is 9.88. The van der Waals surface area contributed by atoms with Crippen LogP contribution in [0.3, 0.4) is 0 Å². The molecule has 0 atom stereocenters. The molecule has 0 saturated heterocycles. The van der Waals surface area contributed by atoms with Crippen LogP contribution in [0.15, 0.2) is 79.0 Å². The van der Waals surface area contributed by atoms with Crippen LogP contribution >= 0.6 is 34.8 Å². The summed E-state index contributed by atoms with van der Waals surface area (Å²) in [5.41, 5.74) is 8.34. The molecule has 0 unspecified atom stereocenters. The predicted octanol–water partition coefficient (Wildman–Crippen LogP) is 7.04. The summed E-state index contributed by atoms with van der Waals surface area (Å²) in [6.45, 7) is 2.66. The van der Waals surface area contributed by atoms with Gasteiger partial charge in [-0.15, -0.1) is 5.10 Å². The molecular weight excluding hydrogens is 479 g/mol. The molecule has 1 aromatic heterocycles. The number of nitrogens with one attached hydrogen (secondary N) is 1. The lowest BCUT2D eigenvalue weighted by atomic mass is 9.97. The lowest BCUT2D eigenvalue weighted by Crippen LogP contribution is -2.26. The van der Waals surface area contributed by atoms with E-state index >= 15 is 0 Å². The SMILES string of the molecule is C=O.CN(Cc1ccc(Cl)cc1)Nc1nncc(-c2ccc(Cl)cc2)c1-c1ccc(Cl)cc1. The normalized spacial score (nSPS) is 10.5. The summed E-state index contributed by atoms with van der Waals surface area (Å²) in [5.74, 6) is 0.645. The van der Waals surface area contributed by atoms with Crippen LogP contribution in [0.5, 0.6) is 0 Å². The van der Waals surface area contributed by atoms with Crippen LogP contribution in [0.25, 0.3) is 22.3 Å². The topological polar surface area (TPSA) is 58.1 Å². The highest BCUT2D eigenvalue weighted by Crippen LogP contribution is 2.37. The minimum atomic E-state index is 0.645. The maximum Gasteiger partial charge on any atom is 0.171 e. The van der Waals surface area contributed by atoms with Crippen LogP contribution in [-0.2, 0) is 11.3 Å². The molecule has 4 rings (SSSR count). The molecule has 33 heavy (non-hydrogen) atoms. The van der Waals surface area contributed by atoms with Crippen molar-refractivity contribution in [3.63, 3.8) is 0 Å². The quantitative estimate of drug-likeness (QED) is 0.288. The molecule has 0 spiro atoms. The van der Waals surface area contributed by atoms with Crippen LogP contribution < -0.4 is 5.43 Å². The van der Waals surface area contributed by atoms with Crippen LogP contribution in [0, 0.1) is 0 Å². The molecule has 0 aliphatic heterocycles. The van der Waals surface area contributed by atoms with Crippen LogP contribution in [-0.4, -0.2) is 29.0 Å². The van der Waals surface area contributed by atoms with E-state index in [0.29, 0.717) is 27.4 Å². The van der Waals surface area contributed by atoms with Gasteiger partial charge in [0.05, 0.1) is 6.20 Å². The molecule has 0 aliphatic carbocycles. The van der Waals surface area contributed by atoms with Gasteiger partial charge in [-0.1, -0.05) is 71.2 Å². The van der Waals surface area contributed by atoms with Crippen molar-refractivity contribution in [1.82, 2.24) is 15.2 Å². The van der Waals surface area contributed by atoms with E-state index in [1.807, 2.05) is 91.6 Å². The number of aromatic nitrogens is 2. The summed E-state index contributed by atoms with van der Waals surface area (Å²) in [5, 5.41) is 12.7. The lowest BCUT2D eigenvalue weighted by Gasteiger charge is -2.22. The summed E-state index contributed by atoms with van der Waals surface area (Å²) in [6.07, 6.45) is 1.76. The first-order chi connectivity index (χ1) is 16.0. The van der Waals surface area contributed by atoms with E-state index in [1.54, 1.807) is 6.20 Å². The van der Waals surface area contributed by atoms with Crippen LogP contribution in [0.4, 0.5) is 5.82 Å². The van der Waals surface area contributed by atoms with Gasteiger partial charge >= 0.3 is 0 Å². The molecular formula is C25H21Cl3N4O. The zero-order chi connectivity index (χ0) is 23.8. The van der Waals surface area contributed by atoms with E-state index in [0.717, 1.165) is 27.8 Å². The van der Waals surface area contributed by atoms with Crippen molar-refractivity contribution in [2.24, 2.45) is 0 Å². The molecule has 0 saturated carbocycles. The fourth-order valence-corrected chi connectivity index (χ4v) is 3.68. The Labute approximate surface area is 207 Å². The molecule has 168 valence electrons. The molecule has 1 heterocycles. The summed E-state index contributed by atoms with van der Waals surface area (Å²) < 4.78 is 0. The standard InChI is InChI=1S/C24H19Cl3N4.CH2O/c1-31(15-16-2-8-19(25)9-3-16)30-24-23(18-6-12-21(27)13-7-18)22(14-28-29-24)17-4-10-20(26)11-5-17;1-2/h2-14H,15H2,1H3,(H,29,30);1H2. The summed E-state index contributed by atoms with van der Waals surface area (Å²) in [7, 11) is 1.96. The number of nitrogens with zero attached hydrogens (tertiary/aromatic N) is 3. The number of hydrogen-bond donors (Lipinski definition) is 1. The number of hydrazine groups is 1. The average molecular weight is 500 g/mol. The first-order valence-corrected chi connectivity index (χ1v) is 11.0. The molecule has 0 radical (unpaired) electrons. The highest BCUT2D eigenvalue weighted by atomic mass is 35.5.